The number of halogens is 1. The second-order valence-corrected chi connectivity index (χ2v) is 7.73. The predicted molar refractivity (Wildman–Crippen MR) is 136 cm³/mol. The van der Waals surface area contributed by atoms with E-state index in [1.165, 1.54) is 22.0 Å². The minimum absolute atomic E-state index is 0. The third kappa shape index (κ3) is 6.08. The van der Waals surface area contributed by atoms with Crippen LogP contribution in [0, 0.1) is 0 Å². The largest absolute Gasteiger partial charge is 0.361 e. The first-order valence-corrected chi connectivity index (χ1v) is 10.7. The van der Waals surface area contributed by atoms with Crippen molar-refractivity contribution in [2.24, 2.45) is 4.99 Å². The zero-order chi connectivity index (χ0) is 19.9. The third-order valence-electron chi connectivity index (χ3n) is 4.62. The predicted octanol–water partition coefficient (Wildman–Crippen LogP) is 4.17. The average molecular weight is 526 g/mol. The molecule has 0 saturated carbocycles. The van der Waals surface area contributed by atoms with Crippen LogP contribution in [0.25, 0.3) is 10.9 Å². The number of thiazole rings is 1. The molecular weight excluding hydrogens is 495 g/mol. The van der Waals surface area contributed by atoms with E-state index in [4.69, 9.17) is 0 Å². The molecule has 0 amide bonds. The maximum atomic E-state index is 4.68. The van der Waals surface area contributed by atoms with Crippen molar-refractivity contribution in [3.05, 3.63) is 46.6 Å². The standard InChI is InChI=1S/C21H30N6S.HI/c1-5-15-8-7-9-18-16(12-24-19(15)18)10-11-23-20(22-6-2)25-13-17-14-28-21(26-17)27(3)4;/h7-9,12,14,24H,5-6,10-11,13H2,1-4H3,(H2,22,23,25);1H. The van der Waals surface area contributed by atoms with E-state index in [9.17, 15) is 0 Å². The summed E-state index contributed by atoms with van der Waals surface area (Å²) in [4.78, 5) is 14.7. The molecule has 0 saturated heterocycles. The summed E-state index contributed by atoms with van der Waals surface area (Å²) in [5.74, 6) is 0.830. The lowest BCUT2D eigenvalue weighted by molar-refractivity contribution is 0.799. The molecule has 0 radical (unpaired) electrons. The summed E-state index contributed by atoms with van der Waals surface area (Å²) in [6.07, 6.45) is 4.12. The van der Waals surface area contributed by atoms with Crippen molar-refractivity contribution >= 4 is 57.3 Å². The number of guanidine groups is 1. The number of H-pyrrole nitrogens is 1. The molecule has 0 aliphatic carbocycles. The van der Waals surface area contributed by atoms with Crippen molar-refractivity contribution in [3.8, 4) is 0 Å². The summed E-state index contributed by atoms with van der Waals surface area (Å²) in [5.41, 5.74) is 4.96. The van der Waals surface area contributed by atoms with E-state index in [0.29, 0.717) is 6.54 Å². The maximum Gasteiger partial charge on any atom is 0.191 e. The molecule has 2 aromatic heterocycles. The monoisotopic (exact) mass is 526 g/mol. The summed E-state index contributed by atoms with van der Waals surface area (Å²) in [6, 6.07) is 6.54. The van der Waals surface area contributed by atoms with Gasteiger partial charge in [-0.3, -0.25) is 0 Å². The number of anilines is 1. The Morgan fingerprint density at radius 1 is 1.21 bits per heavy atom. The fraction of sp³-hybridized carbons (Fsp3) is 0.429. The average Bonchev–Trinajstić information content (AvgIpc) is 3.33. The van der Waals surface area contributed by atoms with Gasteiger partial charge in [-0.05, 0) is 30.9 Å². The molecule has 0 aliphatic heterocycles. The van der Waals surface area contributed by atoms with Gasteiger partial charge in [-0.2, -0.15) is 0 Å². The van der Waals surface area contributed by atoms with Crippen molar-refractivity contribution < 1.29 is 0 Å². The lowest BCUT2D eigenvalue weighted by atomic mass is 10.1. The Kier molecular flexibility index (Phi) is 9.22. The molecule has 0 spiro atoms. The second-order valence-electron chi connectivity index (χ2n) is 6.89. The van der Waals surface area contributed by atoms with E-state index >= 15 is 0 Å². The van der Waals surface area contributed by atoms with Gasteiger partial charge in [0.05, 0.1) is 12.2 Å². The summed E-state index contributed by atoms with van der Waals surface area (Å²) in [5, 5.41) is 11.2. The Morgan fingerprint density at radius 2 is 2.03 bits per heavy atom. The van der Waals surface area contributed by atoms with Crippen LogP contribution in [0.5, 0.6) is 0 Å². The van der Waals surface area contributed by atoms with E-state index in [0.717, 1.165) is 42.7 Å². The van der Waals surface area contributed by atoms with Crippen molar-refractivity contribution in [1.29, 1.82) is 0 Å². The van der Waals surface area contributed by atoms with Crippen LogP contribution in [0.3, 0.4) is 0 Å². The number of aliphatic imine (C=N–C) groups is 1. The third-order valence-corrected chi connectivity index (χ3v) is 5.68. The lowest BCUT2D eigenvalue weighted by Gasteiger charge is -2.11. The Bertz CT molecular complexity index is 930. The first kappa shape index (κ1) is 23.5. The van der Waals surface area contributed by atoms with Gasteiger partial charge >= 0.3 is 0 Å². The van der Waals surface area contributed by atoms with Gasteiger partial charge in [0.25, 0.3) is 0 Å². The molecule has 3 rings (SSSR count). The van der Waals surface area contributed by atoms with Gasteiger partial charge in [0.2, 0.25) is 0 Å². The molecule has 0 unspecified atom stereocenters. The van der Waals surface area contributed by atoms with Crippen molar-refractivity contribution in [3.63, 3.8) is 0 Å². The van der Waals surface area contributed by atoms with E-state index in [1.54, 1.807) is 11.3 Å². The van der Waals surface area contributed by atoms with E-state index in [-0.39, 0.29) is 24.0 Å². The number of aromatic amines is 1. The molecular formula is C21H31IN6S. The molecule has 1 aromatic carbocycles. The molecule has 158 valence electrons. The van der Waals surface area contributed by atoms with Crippen LogP contribution >= 0.6 is 35.3 Å². The number of rotatable bonds is 8. The van der Waals surface area contributed by atoms with Crippen LogP contribution in [0.1, 0.15) is 30.7 Å². The zero-order valence-electron chi connectivity index (χ0n) is 17.6. The molecule has 2 heterocycles. The summed E-state index contributed by atoms with van der Waals surface area (Å²) in [6.45, 7) is 6.51. The summed E-state index contributed by atoms with van der Waals surface area (Å²) < 4.78 is 0. The molecule has 0 aliphatic rings. The van der Waals surface area contributed by atoms with Crippen LogP contribution in [-0.2, 0) is 19.4 Å². The van der Waals surface area contributed by atoms with Gasteiger partial charge in [0, 0.05) is 49.7 Å². The number of nitrogens with zero attached hydrogens (tertiary/aromatic N) is 3. The summed E-state index contributed by atoms with van der Waals surface area (Å²) >= 11 is 1.64. The molecule has 3 N–H and O–H groups in total. The zero-order valence-corrected chi connectivity index (χ0v) is 20.7. The fourth-order valence-corrected chi connectivity index (χ4v) is 3.92. The van der Waals surface area contributed by atoms with Gasteiger partial charge in [0.15, 0.2) is 11.1 Å². The number of hydrogen-bond acceptors (Lipinski definition) is 4. The highest BCUT2D eigenvalue weighted by atomic mass is 127. The van der Waals surface area contributed by atoms with Crippen LogP contribution in [-0.4, -0.2) is 43.1 Å². The number of aryl methyl sites for hydroxylation is 1. The Labute approximate surface area is 194 Å². The highest BCUT2D eigenvalue weighted by Crippen LogP contribution is 2.22. The van der Waals surface area contributed by atoms with Crippen molar-refractivity contribution in [1.82, 2.24) is 20.6 Å². The number of para-hydroxylation sites is 1. The smallest absolute Gasteiger partial charge is 0.191 e. The van der Waals surface area contributed by atoms with E-state index in [2.05, 4.69) is 69.2 Å². The highest BCUT2D eigenvalue weighted by molar-refractivity contribution is 14.0. The molecule has 0 fully saturated rings. The number of fused-ring (bicyclic) bond motifs is 1. The Hall–Kier alpha value is -1.81. The van der Waals surface area contributed by atoms with Crippen molar-refractivity contribution in [2.75, 3.05) is 32.1 Å². The van der Waals surface area contributed by atoms with Crippen LogP contribution in [0.2, 0.25) is 0 Å². The normalized spacial score (nSPS) is 11.4. The van der Waals surface area contributed by atoms with Gasteiger partial charge in [0.1, 0.15) is 0 Å². The summed E-state index contributed by atoms with van der Waals surface area (Å²) in [7, 11) is 4.01. The van der Waals surface area contributed by atoms with Gasteiger partial charge in [-0.25, -0.2) is 9.98 Å². The fourth-order valence-electron chi connectivity index (χ4n) is 3.17. The number of hydrogen-bond donors (Lipinski definition) is 3. The Balaban J connectivity index is 0.00000300. The first-order chi connectivity index (χ1) is 13.6. The molecule has 8 heteroatoms. The van der Waals surface area contributed by atoms with Gasteiger partial charge < -0.3 is 20.5 Å². The molecule has 6 nitrogen and oxygen atoms in total. The second kappa shape index (κ2) is 11.4. The minimum Gasteiger partial charge on any atom is -0.361 e. The number of benzene rings is 1. The number of aromatic nitrogens is 2. The molecule has 0 bridgehead atoms. The quantitative estimate of drug-likeness (QED) is 0.234. The van der Waals surface area contributed by atoms with Gasteiger partial charge in [-0.15, -0.1) is 35.3 Å². The first-order valence-electron chi connectivity index (χ1n) is 9.84. The lowest BCUT2D eigenvalue weighted by Crippen LogP contribution is -2.38. The van der Waals surface area contributed by atoms with Gasteiger partial charge in [-0.1, -0.05) is 25.1 Å². The molecule has 3 aromatic rings. The SMILES string of the molecule is CCNC(=NCc1csc(N(C)C)n1)NCCc1c[nH]c2c(CC)cccc12.I. The van der Waals surface area contributed by atoms with E-state index < -0.39 is 0 Å². The van der Waals surface area contributed by atoms with Crippen LogP contribution in [0.4, 0.5) is 5.13 Å². The van der Waals surface area contributed by atoms with Crippen LogP contribution < -0.4 is 15.5 Å². The highest BCUT2D eigenvalue weighted by Gasteiger charge is 2.07. The topological polar surface area (TPSA) is 68.3 Å². The Morgan fingerprint density at radius 3 is 2.72 bits per heavy atom. The molecule has 29 heavy (non-hydrogen) atoms. The molecule has 0 atom stereocenters. The maximum absolute atomic E-state index is 4.68. The minimum atomic E-state index is 0. The number of nitrogens with one attached hydrogen (secondary N) is 3. The van der Waals surface area contributed by atoms with Crippen molar-refractivity contribution in [2.45, 2.75) is 33.2 Å². The van der Waals surface area contributed by atoms with E-state index in [1.807, 2.05) is 19.0 Å². The van der Waals surface area contributed by atoms with Crippen LogP contribution in [0.15, 0.2) is 34.8 Å².